The Balaban J connectivity index is 2.48. The second-order valence-electron chi connectivity index (χ2n) is 3.37. The summed E-state index contributed by atoms with van der Waals surface area (Å²) in [7, 11) is -1.46. The van der Waals surface area contributed by atoms with Crippen LogP contribution in [0.4, 0.5) is 0 Å². The van der Waals surface area contributed by atoms with E-state index >= 15 is 0 Å². The zero-order valence-corrected chi connectivity index (χ0v) is 10.8. The number of halogens is 2. The third kappa shape index (κ3) is 4.84. The van der Waals surface area contributed by atoms with E-state index in [0.717, 1.165) is 6.04 Å². The lowest BCUT2D eigenvalue weighted by Crippen LogP contribution is -1.99. The zero-order chi connectivity index (χ0) is 10.4. The van der Waals surface area contributed by atoms with Gasteiger partial charge >= 0.3 is 0 Å². The highest BCUT2D eigenvalue weighted by Gasteiger charge is 2.06. The first-order valence-electron chi connectivity index (χ1n) is 4.70. The van der Waals surface area contributed by atoms with Crippen molar-refractivity contribution in [1.82, 2.24) is 0 Å². The Labute approximate surface area is 96.6 Å². The molecule has 0 aliphatic heterocycles. The van der Waals surface area contributed by atoms with Gasteiger partial charge in [-0.25, -0.2) is 0 Å². The van der Waals surface area contributed by atoms with Crippen LogP contribution in [-0.4, -0.2) is 7.42 Å². The molecule has 1 rings (SSSR count). The Bertz CT molecular complexity index is 283. The monoisotopic (exact) mass is 244 g/mol. The van der Waals surface area contributed by atoms with Gasteiger partial charge in [0.2, 0.25) is 7.42 Å². The molecule has 3 heteroatoms. The third-order valence-electron chi connectivity index (χ3n) is 1.97. The molecule has 76 valence electrons. The van der Waals surface area contributed by atoms with Crippen LogP contribution in [0.5, 0.6) is 0 Å². The van der Waals surface area contributed by atoms with Crippen LogP contribution in [0.15, 0.2) is 36.4 Å². The molecule has 1 unspecified atom stereocenters. The summed E-state index contributed by atoms with van der Waals surface area (Å²) in [6.45, 7) is 2.14. The summed E-state index contributed by atoms with van der Waals surface area (Å²) in [4.78, 5) is 0. The van der Waals surface area contributed by atoms with Crippen molar-refractivity contribution in [3.8, 4) is 0 Å². The normalized spacial score (nSPS) is 13.7. The second-order valence-corrected chi connectivity index (χ2v) is 8.46. The second kappa shape index (κ2) is 6.28. The van der Waals surface area contributed by atoms with Crippen LogP contribution in [0, 0.1) is 5.92 Å². The third-order valence-corrected chi connectivity index (χ3v) is 4.14. The standard InChI is InChI=1S/C11H14Cl2Si/c1-10(9-14(12)13)7-8-11-5-3-2-4-6-11/h2-8,10,14H,9H2,1H3. The Morgan fingerprint density at radius 3 is 2.50 bits per heavy atom. The largest absolute Gasteiger partial charge is 0.237 e. The summed E-state index contributed by atoms with van der Waals surface area (Å²) in [5.74, 6) is 0.474. The SMILES string of the molecule is CC(C=Cc1ccccc1)C[SiH](Cl)Cl. The molecule has 0 radical (unpaired) electrons. The minimum atomic E-state index is -1.46. The van der Waals surface area contributed by atoms with Crippen LogP contribution < -0.4 is 0 Å². The van der Waals surface area contributed by atoms with E-state index in [1.54, 1.807) is 0 Å². The molecule has 0 N–H and O–H groups in total. The van der Waals surface area contributed by atoms with Crippen molar-refractivity contribution in [3.63, 3.8) is 0 Å². The van der Waals surface area contributed by atoms with E-state index in [9.17, 15) is 0 Å². The molecular formula is C11H14Cl2Si. The lowest BCUT2D eigenvalue weighted by Gasteiger charge is -2.04. The van der Waals surface area contributed by atoms with Gasteiger partial charge in [0.1, 0.15) is 0 Å². The molecule has 0 heterocycles. The molecule has 0 spiro atoms. The summed E-state index contributed by atoms with van der Waals surface area (Å²) >= 11 is 11.6. The molecule has 0 aromatic heterocycles. The van der Waals surface area contributed by atoms with E-state index in [2.05, 4.69) is 31.2 Å². The van der Waals surface area contributed by atoms with Crippen LogP contribution in [0.25, 0.3) is 6.08 Å². The molecule has 0 amide bonds. The highest BCUT2D eigenvalue weighted by molar-refractivity contribution is 7.33. The number of hydrogen-bond donors (Lipinski definition) is 0. The van der Waals surface area contributed by atoms with Gasteiger partial charge in [0.25, 0.3) is 0 Å². The van der Waals surface area contributed by atoms with Gasteiger partial charge in [0.05, 0.1) is 0 Å². The Kier molecular flexibility index (Phi) is 5.31. The van der Waals surface area contributed by atoms with Gasteiger partial charge < -0.3 is 0 Å². The molecule has 1 aromatic carbocycles. The molecule has 1 aromatic rings. The molecule has 0 saturated carbocycles. The van der Waals surface area contributed by atoms with Gasteiger partial charge in [-0.15, -0.1) is 0 Å². The average Bonchev–Trinajstić information content (AvgIpc) is 2.15. The molecular weight excluding hydrogens is 231 g/mol. The number of benzene rings is 1. The highest BCUT2D eigenvalue weighted by atomic mass is 35.7. The molecule has 1 atom stereocenters. The summed E-state index contributed by atoms with van der Waals surface area (Å²) in [6.07, 6.45) is 4.29. The zero-order valence-electron chi connectivity index (χ0n) is 8.16. The molecule has 0 fully saturated rings. The molecule has 0 nitrogen and oxygen atoms in total. The topological polar surface area (TPSA) is 0 Å². The quantitative estimate of drug-likeness (QED) is 0.555. The lowest BCUT2D eigenvalue weighted by atomic mass is 10.1. The van der Waals surface area contributed by atoms with E-state index in [-0.39, 0.29) is 0 Å². The molecule has 0 aliphatic carbocycles. The summed E-state index contributed by atoms with van der Waals surface area (Å²) in [5, 5.41) is 0. The van der Waals surface area contributed by atoms with E-state index in [1.165, 1.54) is 5.56 Å². The molecule has 0 aliphatic rings. The molecule has 0 saturated heterocycles. The van der Waals surface area contributed by atoms with Crippen LogP contribution in [0.1, 0.15) is 12.5 Å². The molecule has 0 bridgehead atoms. The van der Waals surface area contributed by atoms with E-state index in [4.69, 9.17) is 22.2 Å². The van der Waals surface area contributed by atoms with Crippen LogP contribution in [-0.2, 0) is 0 Å². The van der Waals surface area contributed by atoms with Gasteiger partial charge in [0.15, 0.2) is 0 Å². The van der Waals surface area contributed by atoms with Crippen molar-refractivity contribution < 1.29 is 0 Å². The fourth-order valence-corrected chi connectivity index (χ4v) is 3.60. The minimum absolute atomic E-state index is 0.474. The first-order valence-corrected chi connectivity index (χ1v) is 9.00. The predicted octanol–water partition coefficient (Wildman–Crippen LogP) is 4.03. The maximum Gasteiger partial charge on any atom is 0.237 e. The van der Waals surface area contributed by atoms with Crippen LogP contribution in [0.3, 0.4) is 0 Å². The average molecular weight is 245 g/mol. The van der Waals surface area contributed by atoms with Crippen molar-refractivity contribution >= 4 is 35.7 Å². The van der Waals surface area contributed by atoms with Gasteiger partial charge in [-0.1, -0.05) is 49.4 Å². The van der Waals surface area contributed by atoms with Crippen molar-refractivity contribution in [2.45, 2.75) is 13.0 Å². The smallest absolute Gasteiger partial charge is 0.150 e. The Morgan fingerprint density at radius 1 is 1.29 bits per heavy atom. The van der Waals surface area contributed by atoms with Crippen molar-refractivity contribution in [3.05, 3.63) is 42.0 Å². The Morgan fingerprint density at radius 2 is 1.93 bits per heavy atom. The van der Waals surface area contributed by atoms with E-state index in [0.29, 0.717) is 5.92 Å². The fourth-order valence-electron chi connectivity index (χ4n) is 1.20. The summed E-state index contributed by atoms with van der Waals surface area (Å²) < 4.78 is 0. The summed E-state index contributed by atoms with van der Waals surface area (Å²) in [5.41, 5.74) is 1.22. The van der Waals surface area contributed by atoms with Crippen molar-refractivity contribution in [2.75, 3.05) is 0 Å². The first kappa shape index (κ1) is 11.8. The predicted molar refractivity (Wildman–Crippen MR) is 68.3 cm³/mol. The molecule has 14 heavy (non-hydrogen) atoms. The van der Waals surface area contributed by atoms with Gasteiger partial charge in [-0.05, 0) is 17.5 Å². The maximum atomic E-state index is 5.82. The van der Waals surface area contributed by atoms with Crippen LogP contribution >= 0.6 is 22.2 Å². The number of hydrogen-bond acceptors (Lipinski definition) is 0. The van der Waals surface area contributed by atoms with Crippen LogP contribution in [0.2, 0.25) is 6.04 Å². The van der Waals surface area contributed by atoms with Crippen molar-refractivity contribution in [1.29, 1.82) is 0 Å². The number of rotatable bonds is 4. The lowest BCUT2D eigenvalue weighted by molar-refractivity contribution is 0.830. The number of allylic oxidation sites excluding steroid dienone is 1. The first-order chi connectivity index (χ1) is 6.68. The Hall–Kier alpha value is -0.243. The van der Waals surface area contributed by atoms with E-state index in [1.807, 2.05) is 18.2 Å². The maximum absolute atomic E-state index is 5.82. The van der Waals surface area contributed by atoms with Gasteiger partial charge in [-0.2, -0.15) is 22.2 Å². The fraction of sp³-hybridized carbons (Fsp3) is 0.273. The van der Waals surface area contributed by atoms with Crippen molar-refractivity contribution in [2.24, 2.45) is 5.92 Å². The van der Waals surface area contributed by atoms with Gasteiger partial charge in [0, 0.05) is 0 Å². The minimum Gasteiger partial charge on any atom is -0.150 e. The summed E-state index contributed by atoms with van der Waals surface area (Å²) in [6, 6.07) is 11.2. The van der Waals surface area contributed by atoms with E-state index < -0.39 is 7.42 Å². The van der Waals surface area contributed by atoms with Gasteiger partial charge in [-0.3, -0.25) is 0 Å². The highest BCUT2D eigenvalue weighted by Crippen LogP contribution is 2.15.